The van der Waals surface area contributed by atoms with Crippen LogP contribution in [0.4, 0.5) is 0 Å². The number of rotatable bonds is 3. The molecular formula is C19H18O. The Hall–Kier alpha value is -2.28. The molecule has 100 valence electrons. The zero-order valence-corrected chi connectivity index (χ0v) is 11.7. The Labute approximate surface area is 120 Å². The van der Waals surface area contributed by atoms with Crippen molar-refractivity contribution in [1.82, 2.24) is 0 Å². The highest BCUT2D eigenvalue weighted by atomic mass is 16.5. The maximum atomic E-state index is 5.23. The first-order valence-corrected chi connectivity index (χ1v) is 6.99. The summed E-state index contributed by atoms with van der Waals surface area (Å²) in [5.41, 5.74) is 5.20. The lowest BCUT2D eigenvalue weighted by Gasteiger charge is -2.17. The summed E-state index contributed by atoms with van der Waals surface area (Å²) in [6.45, 7) is 0. The SMILES string of the molecule is COc1ccc(C2=CCCC=C2c2ccccc2)cc1. The van der Waals surface area contributed by atoms with Gasteiger partial charge in [0.25, 0.3) is 0 Å². The van der Waals surface area contributed by atoms with Crippen LogP contribution in [0, 0.1) is 0 Å². The van der Waals surface area contributed by atoms with Gasteiger partial charge in [-0.2, -0.15) is 0 Å². The highest BCUT2D eigenvalue weighted by Gasteiger charge is 2.12. The lowest BCUT2D eigenvalue weighted by atomic mass is 9.87. The summed E-state index contributed by atoms with van der Waals surface area (Å²) in [5, 5.41) is 0. The smallest absolute Gasteiger partial charge is 0.118 e. The van der Waals surface area contributed by atoms with Gasteiger partial charge in [-0.05, 0) is 47.2 Å². The van der Waals surface area contributed by atoms with E-state index in [4.69, 9.17) is 4.74 Å². The van der Waals surface area contributed by atoms with Gasteiger partial charge in [-0.15, -0.1) is 0 Å². The molecule has 0 spiro atoms. The van der Waals surface area contributed by atoms with Crippen LogP contribution in [0.25, 0.3) is 11.1 Å². The fourth-order valence-electron chi connectivity index (χ4n) is 2.61. The van der Waals surface area contributed by atoms with Crippen LogP contribution in [0.2, 0.25) is 0 Å². The molecule has 1 aliphatic carbocycles. The summed E-state index contributed by atoms with van der Waals surface area (Å²) < 4.78 is 5.23. The van der Waals surface area contributed by atoms with E-state index >= 15 is 0 Å². The first kappa shape index (κ1) is 12.7. The molecule has 3 rings (SSSR count). The van der Waals surface area contributed by atoms with E-state index in [-0.39, 0.29) is 0 Å². The van der Waals surface area contributed by atoms with Gasteiger partial charge in [0.05, 0.1) is 7.11 Å². The summed E-state index contributed by atoms with van der Waals surface area (Å²) in [4.78, 5) is 0. The Bertz CT molecular complexity index is 633. The predicted octanol–water partition coefficient (Wildman–Crippen LogP) is 4.96. The molecule has 1 heteroatoms. The van der Waals surface area contributed by atoms with Crippen molar-refractivity contribution in [3.05, 3.63) is 77.9 Å². The van der Waals surface area contributed by atoms with Gasteiger partial charge in [-0.3, -0.25) is 0 Å². The molecule has 1 aliphatic rings. The number of hydrogen-bond acceptors (Lipinski definition) is 1. The summed E-state index contributed by atoms with van der Waals surface area (Å²) in [7, 11) is 1.70. The molecule has 20 heavy (non-hydrogen) atoms. The van der Waals surface area contributed by atoms with Crippen molar-refractivity contribution in [2.75, 3.05) is 7.11 Å². The number of methoxy groups -OCH3 is 1. The van der Waals surface area contributed by atoms with Crippen molar-refractivity contribution >= 4 is 11.1 Å². The van der Waals surface area contributed by atoms with Crippen molar-refractivity contribution in [3.63, 3.8) is 0 Å². The maximum Gasteiger partial charge on any atom is 0.118 e. The van der Waals surface area contributed by atoms with Crippen LogP contribution in [0.1, 0.15) is 24.0 Å². The summed E-state index contributed by atoms with van der Waals surface area (Å²) in [6.07, 6.45) is 6.90. The lowest BCUT2D eigenvalue weighted by Crippen LogP contribution is -1.95. The van der Waals surface area contributed by atoms with Crippen LogP contribution >= 0.6 is 0 Å². The molecule has 0 heterocycles. The third-order valence-electron chi connectivity index (χ3n) is 3.64. The van der Waals surface area contributed by atoms with Gasteiger partial charge in [0.2, 0.25) is 0 Å². The molecule has 0 atom stereocenters. The molecule has 0 saturated heterocycles. The van der Waals surface area contributed by atoms with Gasteiger partial charge in [-0.25, -0.2) is 0 Å². The van der Waals surface area contributed by atoms with Crippen molar-refractivity contribution in [3.8, 4) is 5.75 Å². The highest BCUT2D eigenvalue weighted by Crippen LogP contribution is 2.35. The van der Waals surface area contributed by atoms with Crippen LogP contribution in [-0.4, -0.2) is 7.11 Å². The molecule has 0 fully saturated rings. The maximum absolute atomic E-state index is 5.23. The molecular weight excluding hydrogens is 244 g/mol. The van der Waals surface area contributed by atoms with E-state index in [1.807, 2.05) is 12.1 Å². The fraction of sp³-hybridized carbons (Fsp3) is 0.158. The van der Waals surface area contributed by atoms with Crippen LogP contribution in [0.5, 0.6) is 5.75 Å². The zero-order chi connectivity index (χ0) is 13.8. The van der Waals surface area contributed by atoms with Crippen molar-refractivity contribution in [2.45, 2.75) is 12.8 Å². The van der Waals surface area contributed by atoms with Crippen molar-refractivity contribution in [1.29, 1.82) is 0 Å². The van der Waals surface area contributed by atoms with E-state index in [1.165, 1.54) is 22.3 Å². The average Bonchev–Trinajstić information content (AvgIpc) is 2.56. The average molecular weight is 262 g/mol. The normalized spacial score (nSPS) is 14.4. The zero-order valence-electron chi connectivity index (χ0n) is 11.7. The van der Waals surface area contributed by atoms with Crippen LogP contribution < -0.4 is 4.74 Å². The topological polar surface area (TPSA) is 9.23 Å². The predicted molar refractivity (Wildman–Crippen MR) is 84.6 cm³/mol. The molecule has 0 radical (unpaired) electrons. The van der Waals surface area contributed by atoms with Gasteiger partial charge in [0, 0.05) is 0 Å². The second kappa shape index (κ2) is 5.79. The minimum absolute atomic E-state index is 0.899. The van der Waals surface area contributed by atoms with Crippen LogP contribution in [-0.2, 0) is 0 Å². The Morgan fingerprint density at radius 2 is 1.25 bits per heavy atom. The number of ether oxygens (including phenoxy) is 1. The lowest BCUT2D eigenvalue weighted by molar-refractivity contribution is 0.415. The largest absolute Gasteiger partial charge is 0.497 e. The molecule has 0 bridgehead atoms. The molecule has 2 aromatic carbocycles. The molecule has 0 unspecified atom stereocenters. The third-order valence-corrected chi connectivity index (χ3v) is 3.64. The Kier molecular flexibility index (Phi) is 3.69. The monoisotopic (exact) mass is 262 g/mol. The quantitative estimate of drug-likeness (QED) is 0.760. The summed E-state index contributed by atoms with van der Waals surface area (Å²) in [5.74, 6) is 0.899. The van der Waals surface area contributed by atoms with E-state index in [2.05, 4.69) is 54.6 Å². The first-order valence-electron chi connectivity index (χ1n) is 6.99. The molecule has 0 aromatic heterocycles. The molecule has 1 nitrogen and oxygen atoms in total. The van der Waals surface area contributed by atoms with Crippen molar-refractivity contribution in [2.24, 2.45) is 0 Å². The summed E-state index contributed by atoms with van der Waals surface area (Å²) in [6, 6.07) is 18.9. The molecule has 0 saturated carbocycles. The highest BCUT2D eigenvalue weighted by molar-refractivity contribution is 6.05. The van der Waals surface area contributed by atoms with Gasteiger partial charge in [0.15, 0.2) is 0 Å². The van der Waals surface area contributed by atoms with Gasteiger partial charge >= 0.3 is 0 Å². The minimum atomic E-state index is 0.899. The van der Waals surface area contributed by atoms with Gasteiger partial charge < -0.3 is 4.74 Å². The fourth-order valence-corrected chi connectivity index (χ4v) is 2.61. The van der Waals surface area contributed by atoms with Gasteiger partial charge in [-0.1, -0.05) is 54.6 Å². The summed E-state index contributed by atoms with van der Waals surface area (Å²) >= 11 is 0. The second-order valence-electron chi connectivity index (χ2n) is 4.91. The van der Waals surface area contributed by atoms with Crippen LogP contribution in [0.15, 0.2) is 66.7 Å². The van der Waals surface area contributed by atoms with E-state index in [9.17, 15) is 0 Å². The van der Waals surface area contributed by atoms with E-state index in [0.29, 0.717) is 0 Å². The van der Waals surface area contributed by atoms with Crippen molar-refractivity contribution < 1.29 is 4.74 Å². The molecule has 0 amide bonds. The second-order valence-corrected chi connectivity index (χ2v) is 4.91. The standard InChI is InChI=1S/C19H18O/c1-20-17-13-11-16(12-14-17)19-10-6-5-9-18(19)15-7-3-2-4-8-15/h2-4,7-14H,5-6H2,1H3. The minimum Gasteiger partial charge on any atom is -0.497 e. The number of allylic oxidation sites excluding steroid dienone is 4. The van der Waals surface area contributed by atoms with Gasteiger partial charge in [0.1, 0.15) is 5.75 Å². The Balaban J connectivity index is 1.98. The Morgan fingerprint density at radius 3 is 1.80 bits per heavy atom. The van der Waals surface area contributed by atoms with E-state index < -0.39 is 0 Å². The van der Waals surface area contributed by atoms with Crippen LogP contribution in [0.3, 0.4) is 0 Å². The van der Waals surface area contributed by atoms with E-state index in [1.54, 1.807) is 7.11 Å². The number of hydrogen-bond donors (Lipinski definition) is 0. The number of benzene rings is 2. The molecule has 0 N–H and O–H groups in total. The molecule has 0 aliphatic heterocycles. The third kappa shape index (κ3) is 2.53. The first-order chi connectivity index (χ1) is 9.88. The van der Waals surface area contributed by atoms with E-state index in [0.717, 1.165) is 18.6 Å². The Morgan fingerprint density at radius 1 is 0.700 bits per heavy atom. The molecule has 2 aromatic rings.